The van der Waals surface area contributed by atoms with Gasteiger partial charge >= 0.3 is 0 Å². The van der Waals surface area contributed by atoms with Crippen LogP contribution in [-0.2, 0) is 22.6 Å². The van der Waals surface area contributed by atoms with Crippen LogP contribution in [0.2, 0.25) is 0 Å². The lowest BCUT2D eigenvalue weighted by atomic mass is 9.94. The van der Waals surface area contributed by atoms with E-state index in [1.54, 1.807) is 12.1 Å². The van der Waals surface area contributed by atoms with Crippen molar-refractivity contribution < 1.29 is 27.5 Å². The molecule has 3 N–H and O–H groups in total. The van der Waals surface area contributed by atoms with Crippen LogP contribution in [0.3, 0.4) is 0 Å². The van der Waals surface area contributed by atoms with Crippen LogP contribution in [0.5, 0.6) is 0 Å². The molecule has 3 aromatic carbocycles. The van der Waals surface area contributed by atoms with E-state index in [-0.39, 0.29) is 24.0 Å². The highest BCUT2D eigenvalue weighted by Gasteiger charge is 2.32. The Morgan fingerprint density at radius 1 is 0.977 bits per heavy atom. The van der Waals surface area contributed by atoms with E-state index < -0.39 is 35.4 Å². The smallest absolute Gasteiger partial charge is 0.254 e. The number of carbonyl (C=O) groups excluding carboxylic acids is 2. The summed E-state index contributed by atoms with van der Waals surface area (Å²) in [5, 5.41) is 8.63. The van der Waals surface area contributed by atoms with E-state index in [0.717, 1.165) is 11.6 Å². The SMILES string of the molecule is CNC(=O)c1cc(-c2cccnc2[C@H](Cc2cc(F)cc(F)c2)NC(=O)[C@@H]2C[C@@H](OCc3ccccc3)CN2)ccc1F. The molecule has 1 fully saturated rings. The Balaban J connectivity index is 1.41. The average Bonchev–Trinajstić information content (AvgIpc) is 3.49. The number of amides is 2. The summed E-state index contributed by atoms with van der Waals surface area (Å²) in [5.74, 6) is -3.10. The third-order valence-electron chi connectivity index (χ3n) is 7.33. The Labute approximate surface area is 247 Å². The van der Waals surface area contributed by atoms with Gasteiger partial charge in [-0.05, 0) is 59.9 Å². The molecule has 43 heavy (non-hydrogen) atoms. The van der Waals surface area contributed by atoms with Crippen molar-refractivity contribution in [1.82, 2.24) is 20.9 Å². The Hall–Kier alpha value is -4.54. The maximum Gasteiger partial charge on any atom is 0.254 e. The van der Waals surface area contributed by atoms with Crippen LogP contribution >= 0.6 is 0 Å². The van der Waals surface area contributed by atoms with Gasteiger partial charge in [-0.15, -0.1) is 0 Å². The Kier molecular flexibility index (Phi) is 9.48. The third-order valence-corrected chi connectivity index (χ3v) is 7.33. The summed E-state index contributed by atoms with van der Waals surface area (Å²) in [6, 6.07) is 19.0. The van der Waals surface area contributed by atoms with Gasteiger partial charge in [0.15, 0.2) is 0 Å². The lowest BCUT2D eigenvalue weighted by Crippen LogP contribution is -2.43. The number of ether oxygens (including phenoxy) is 1. The Morgan fingerprint density at radius 3 is 2.49 bits per heavy atom. The van der Waals surface area contributed by atoms with Crippen LogP contribution in [0.15, 0.2) is 85.1 Å². The Bertz CT molecular complexity index is 1580. The van der Waals surface area contributed by atoms with E-state index in [9.17, 15) is 22.8 Å². The van der Waals surface area contributed by atoms with Crippen molar-refractivity contribution in [1.29, 1.82) is 0 Å². The first-order chi connectivity index (χ1) is 20.8. The zero-order chi connectivity index (χ0) is 30.3. The van der Waals surface area contributed by atoms with Gasteiger partial charge in [0.25, 0.3) is 5.91 Å². The second kappa shape index (κ2) is 13.6. The normalized spacial score (nSPS) is 16.9. The number of halogens is 3. The topological polar surface area (TPSA) is 92.4 Å². The van der Waals surface area contributed by atoms with Crippen molar-refractivity contribution in [3.8, 4) is 11.1 Å². The standard InChI is InChI=1S/C33H31F3N4O3/c1-37-32(41)27-15-22(9-10-28(27)36)26-8-5-11-38-31(26)29(14-21-12-23(34)16-24(35)13-21)40-33(42)30-17-25(18-39-30)43-19-20-6-3-2-4-7-20/h2-13,15-16,25,29-30,39H,14,17-19H2,1H3,(H,37,41)(H,40,42)/t25-,29+,30+/m1/s1. The fourth-order valence-corrected chi connectivity index (χ4v) is 5.21. The van der Waals surface area contributed by atoms with Crippen molar-refractivity contribution in [3.63, 3.8) is 0 Å². The summed E-state index contributed by atoms with van der Waals surface area (Å²) in [4.78, 5) is 30.3. The highest BCUT2D eigenvalue weighted by Crippen LogP contribution is 2.31. The molecule has 10 heteroatoms. The molecule has 4 aromatic rings. The van der Waals surface area contributed by atoms with E-state index in [4.69, 9.17) is 4.74 Å². The fourth-order valence-electron chi connectivity index (χ4n) is 5.21. The molecule has 0 spiro atoms. The van der Waals surface area contributed by atoms with Gasteiger partial charge in [-0.1, -0.05) is 42.5 Å². The predicted molar refractivity (Wildman–Crippen MR) is 155 cm³/mol. The van der Waals surface area contributed by atoms with Crippen LogP contribution < -0.4 is 16.0 Å². The molecule has 222 valence electrons. The van der Waals surface area contributed by atoms with Crippen LogP contribution in [-0.4, -0.2) is 42.5 Å². The number of nitrogens with one attached hydrogen (secondary N) is 3. The summed E-state index contributed by atoms with van der Waals surface area (Å²) in [5.41, 5.74) is 2.59. The first-order valence-electron chi connectivity index (χ1n) is 13.9. The molecular formula is C33H31F3N4O3. The molecule has 0 radical (unpaired) electrons. The monoisotopic (exact) mass is 588 g/mol. The van der Waals surface area contributed by atoms with Gasteiger partial charge in [0.1, 0.15) is 17.5 Å². The van der Waals surface area contributed by atoms with E-state index in [0.29, 0.717) is 42.0 Å². The summed E-state index contributed by atoms with van der Waals surface area (Å²) >= 11 is 0. The van der Waals surface area contributed by atoms with Gasteiger partial charge in [0.05, 0.1) is 36.1 Å². The number of nitrogens with zero attached hydrogens (tertiary/aromatic N) is 1. The third kappa shape index (κ3) is 7.46. The molecule has 0 bridgehead atoms. The molecule has 7 nitrogen and oxygen atoms in total. The minimum Gasteiger partial charge on any atom is -0.372 e. The van der Waals surface area contributed by atoms with E-state index in [1.807, 2.05) is 30.3 Å². The molecule has 0 unspecified atom stereocenters. The second-order valence-electron chi connectivity index (χ2n) is 10.4. The van der Waals surface area contributed by atoms with Gasteiger partial charge < -0.3 is 20.7 Å². The van der Waals surface area contributed by atoms with Gasteiger partial charge in [0, 0.05) is 31.4 Å². The fraction of sp³-hybridized carbons (Fsp3) is 0.242. The second-order valence-corrected chi connectivity index (χ2v) is 10.4. The van der Waals surface area contributed by atoms with Crippen molar-refractivity contribution in [2.75, 3.05) is 13.6 Å². The molecular weight excluding hydrogens is 557 g/mol. The van der Waals surface area contributed by atoms with Crippen LogP contribution in [0.25, 0.3) is 11.1 Å². The molecule has 3 atom stereocenters. The van der Waals surface area contributed by atoms with Crippen LogP contribution in [0.1, 0.15) is 39.6 Å². The lowest BCUT2D eigenvalue weighted by Gasteiger charge is -2.23. The van der Waals surface area contributed by atoms with Crippen LogP contribution in [0.4, 0.5) is 13.2 Å². The molecule has 2 amide bonds. The number of pyridine rings is 1. The van der Waals surface area contributed by atoms with Crippen molar-refractivity contribution in [3.05, 3.63) is 125 Å². The molecule has 1 aromatic heterocycles. The predicted octanol–water partition coefficient (Wildman–Crippen LogP) is 4.87. The summed E-state index contributed by atoms with van der Waals surface area (Å²) in [6.07, 6.45) is 1.81. The molecule has 1 aliphatic rings. The highest BCUT2D eigenvalue weighted by molar-refractivity contribution is 5.95. The minimum absolute atomic E-state index is 0.0224. The number of carbonyl (C=O) groups is 2. The van der Waals surface area contributed by atoms with Gasteiger partial charge in [-0.2, -0.15) is 0 Å². The number of aromatic nitrogens is 1. The van der Waals surface area contributed by atoms with E-state index in [2.05, 4.69) is 20.9 Å². The molecule has 1 aliphatic heterocycles. The largest absolute Gasteiger partial charge is 0.372 e. The summed E-state index contributed by atoms with van der Waals surface area (Å²) < 4.78 is 48.7. The molecule has 1 saturated heterocycles. The maximum atomic E-state index is 14.5. The van der Waals surface area contributed by atoms with Gasteiger partial charge in [-0.3, -0.25) is 14.6 Å². The summed E-state index contributed by atoms with van der Waals surface area (Å²) in [7, 11) is 1.40. The average molecular weight is 589 g/mol. The number of hydrogen-bond acceptors (Lipinski definition) is 5. The quantitative estimate of drug-likeness (QED) is 0.246. The zero-order valence-corrected chi connectivity index (χ0v) is 23.4. The van der Waals surface area contributed by atoms with Gasteiger partial charge in [-0.25, -0.2) is 13.2 Å². The maximum absolute atomic E-state index is 14.5. The van der Waals surface area contributed by atoms with Crippen LogP contribution in [0, 0.1) is 17.5 Å². The lowest BCUT2D eigenvalue weighted by molar-refractivity contribution is -0.123. The summed E-state index contributed by atoms with van der Waals surface area (Å²) in [6.45, 7) is 0.902. The van der Waals surface area contributed by atoms with Crippen molar-refractivity contribution >= 4 is 11.8 Å². The molecule has 0 saturated carbocycles. The number of benzene rings is 3. The molecule has 0 aliphatic carbocycles. The zero-order valence-electron chi connectivity index (χ0n) is 23.4. The van der Waals surface area contributed by atoms with Crippen molar-refractivity contribution in [2.45, 2.75) is 37.6 Å². The number of rotatable bonds is 10. The first-order valence-corrected chi connectivity index (χ1v) is 13.9. The highest BCUT2D eigenvalue weighted by atomic mass is 19.1. The van der Waals surface area contributed by atoms with Gasteiger partial charge in [0.2, 0.25) is 5.91 Å². The minimum atomic E-state index is -0.815. The van der Waals surface area contributed by atoms with E-state index in [1.165, 1.54) is 43.6 Å². The first kappa shape index (κ1) is 29.9. The number of hydrogen-bond donors (Lipinski definition) is 3. The van der Waals surface area contributed by atoms with E-state index >= 15 is 0 Å². The Morgan fingerprint density at radius 2 is 1.74 bits per heavy atom. The molecule has 2 heterocycles. The molecule has 5 rings (SSSR count). The van der Waals surface area contributed by atoms with Crippen molar-refractivity contribution in [2.24, 2.45) is 0 Å².